The van der Waals surface area contributed by atoms with Crippen molar-refractivity contribution in [1.29, 1.82) is 0 Å². The summed E-state index contributed by atoms with van der Waals surface area (Å²) in [5, 5.41) is 0. The lowest BCUT2D eigenvalue weighted by molar-refractivity contribution is 0.0976. The van der Waals surface area contributed by atoms with E-state index in [1.807, 2.05) is 6.07 Å². The lowest BCUT2D eigenvalue weighted by atomic mass is 10.1. The molecule has 0 N–H and O–H groups in total. The van der Waals surface area contributed by atoms with E-state index in [0.29, 0.717) is 6.42 Å². The van der Waals surface area contributed by atoms with E-state index < -0.39 is 0 Å². The fraction of sp³-hybridized carbons (Fsp3) is 0.444. The number of fused-ring (bicyclic) bond motifs is 1. The Morgan fingerprint density at radius 1 is 1.62 bits per heavy atom. The van der Waals surface area contributed by atoms with Crippen LogP contribution >= 0.6 is 27.3 Å². The Hall–Kier alpha value is -0.190. The Labute approximate surface area is 89.7 Å². The zero-order valence-electron chi connectivity index (χ0n) is 7.34. The molecule has 4 heteroatoms. The van der Waals surface area contributed by atoms with Gasteiger partial charge in [0.1, 0.15) is 0 Å². The topological polar surface area (TPSA) is 20.3 Å². The predicted molar refractivity (Wildman–Crippen MR) is 57.3 cm³/mol. The third-order valence-electron chi connectivity index (χ3n) is 2.21. The van der Waals surface area contributed by atoms with Gasteiger partial charge in [-0.2, -0.15) is 0 Å². The number of hydrogen-bond donors (Lipinski definition) is 0. The van der Waals surface area contributed by atoms with Gasteiger partial charge in [0.25, 0.3) is 0 Å². The molecule has 1 aliphatic heterocycles. The third kappa shape index (κ3) is 1.85. The summed E-state index contributed by atoms with van der Waals surface area (Å²) in [4.78, 5) is 15.0. The number of thiophene rings is 1. The molecule has 1 aromatic rings. The normalized spacial score (nSPS) is 18.5. The first-order chi connectivity index (χ1) is 6.16. The van der Waals surface area contributed by atoms with E-state index in [1.165, 1.54) is 4.88 Å². The fourth-order valence-electron chi connectivity index (χ4n) is 1.50. The van der Waals surface area contributed by atoms with Crippen molar-refractivity contribution in [2.45, 2.75) is 13.0 Å². The monoisotopic (exact) mass is 259 g/mol. The van der Waals surface area contributed by atoms with E-state index >= 15 is 0 Å². The van der Waals surface area contributed by atoms with Gasteiger partial charge < -0.3 is 4.90 Å². The molecule has 2 rings (SSSR count). The second kappa shape index (κ2) is 3.52. The smallest absolute Gasteiger partial charge is 0.165 e. The lowest BCUT2D eigenvalue weighted by Gasteiger charge is -2.10. The van der Waals surface area contributed by atoms with Crippen molar-refractivity contribution in [3.63, 3.8) is 0 Å². The first-order valence-electron chi connectivity index (χ1n) is 4.17. The first kappa shape index (κ1) is 9.37. The van der Waals surface area contributed by atoms with Gasteiger partial charge in [-0.1, -0.05) is 0 Å². The van der Waals surface area contributed by atoms with Crippen LogP contribution in [0.25, 0.3) is 0 Å². The van der Waals surface area contributed by atoms with Gasteiger partial charge in [0.2, 0.25) is 0 Å². The van der Waals surface area contributed by atoms with Gasteiger partial charge in [-0.15, -0.1) is 11.3 Å². The van der Waals surface area contributed by atoms with Crippen LogP contribution in [-0.4, -0.2) is 24.3 Å². The van der Waals surface area contributed by atoms with Crippen LogP contribution < -0.4 is 0 Å². The Morgan fingerprint density at radius 2 is 2.38 bits per heavy atom. The summed E-state index contributed by atoms with van der Waals surface area (Å²) in [5.74, 6) is 0.279. The van der Waals surface area contributed by atoms with Gasteiger partial charge >= 0.3 is 0 Å². The molecule has 0 bridgehead atoms. The molecular weight excluding hydrogens is 250 g/mol. The largest absolute Gasteiger partial charge is 0.301 e. The summed E-state index contributed by atoms with van der Waals surface area (Å²) < 4.78 is 1.06. The van der Waals surface area contributed by atoms with Crippen molar-refractivity contribution in [1.82, 2.24) is 4.90 Å². The highest BCUT2D eigenvalue weighted by molar-refractivity contribution is 9.11. The molecule has 1 aliphatic rings. The summed E-state index contributed by atoms with van der Waals surface area (Å²) in [5.41, 5.74) is 0.918. The molecule has 0 fully saturated rings. The van der Waals surface area contributed by atoms with Crippen LogP contribution in [0, 0.1) is 0 Å². The van der Waals surface area contributed by atoms with Crippen molar-refractivity contribution < 1.29 is 4.79 Å². The standard InChI is InChI=1S/C9H10BrNOS/c1-11-3-2-7(12)6-4-9(10)13-8(6)5-11/h4H,2-3,5H2,1H3. The van der Waals surface area contributed by atoms with Crippen LogP contribution in [-0.2, 0) is 6.54 Å². The molecule has 2 heterocycles. The maximum absolute atomic E-state index is 11.6. The van der Waals surface area contributed by atoms with E-state index in [9.17, 15) is 4.79 Å². The number of halogens is 1. The van der Waals surface area contributed by atoms with Crippen LogP contribution in [0.1, 0.15) is 21.7 Å². The van der Waals surface area contributed by atoms with Crippen molar-refractivity contribution >= 4 is 33.0 Å². The number of carbonyl (C=O) groups excluding carboxylic acids is 1. The van der Waals surface area contributed by atoms with Crippen molar-refractivity contribution in [2.75, 3.05) is 13.6 Å². The summed E-state index contributed by atoms with van der Waals surface area (Å²) in [6.45, 7) is 1.77. The molecule has 70 valence electrons. The lowest BCUT2D eigenvalue weighted by Crippen LogP contribution is -2.17. The second-order valence-electron chi connectivity index (χ2n) is 3.30. The Kier molecular flexibility index (Phi) is 2.53. The maximum atomic E-state index is 11.6. The van der Waals surface area contributed by atoms with E-state index in [-0.39, 0.29) is 5.78 Å². The molecule has 0 saturated carbocycles. The minimum atomic E-state index is 0.279. The van der Waals surface area contributed by atoms with E-state index in [0.717, 1.165) is 22.4 Å². The molecule has 0 saturated heterocycles. The number of hydrogen-bond acceptors (Lipinski definition) is 3. The predicted octanol–water partition coefficient (Wildman–Crippen LogP) is 2.53. The quantitative estimate of drug-likeness (QED) is 0.714. The average Bonchev–Trinajstić information content (AvgIpc) is 2.37. The summed E-state index contributed by atoms with van der Waals surface area (Å²) in [6.07, 6.45) is 0.646. The van der Waals surface area contributed by atoms with E-state index in [1.54, 1.807) is 11.3 Å². The van der Waals surface area contributed by atoms with Gasteiger partial charge in [-0.25, -0.2) is 0 Å². The van der Waals surface area contributed by atoms with Gasteiger partial charge in [0.15, 0.2) is 5.78 Å². The van der Waals surface area contributed by atoms with Crippen LogP contribution in [0.4, 0.5) is 0 Å². The van der Waals surface area contributed by atoms with Crippen molar-refractivity contribution in [3.05, 3.63) is 20.3 Å². The molecule has 0 aliphatic carbocycles. The zero-order valence-corrected chi connectivity index (χ0v) is 9.74. The van der Waals surface area contributed by atoms with Crippen molar-refractivity contribution in [3.8, 4) is 0 Å². The third-order valence-corrected chi connectivity index (χ3v) is 3.84. The minimum Gasteiger partial charge on any atom is -0.301 e. The number of carbonyl (C=O) groups is 1. The molecule has 0 aromatic carbocycles. The number of rotatable bonds is 0. The summed E-state index contributed by atoms with van der Waals surface area (Å²) >= 11 is 5.08. The highest BCUT2D eigenvalue weighted by atomic mass is 79.9. The van der Waals surface area contributed by atoms with Crippen molar-refractivity contribution in [2.24, 2.45) is 0 Å². The van der Waals surface area contributed by atoms with Crippen LogP contribution in [0.3, 0.4) is 0 Å². The molecule has 0 amide bonds. The second-order valence-corrected chi connectivity index (χ2v) is 5.81. The molecule has 2 nitrogen and oxygen atoms in total. The summed E-state index contributed by atoms with van der Waals surface area (Å²) in [7, 11) is 2.05. The molecule has 0 atom stereocenters. The van der Waals surface area contributed by atoms with E-state index in [4.69, 9.17) is 0 Å². The Morgan fingerprint density at radius 3 is 3.15 bits per heavy atom. The first-order valence-corrected chi connectivity index (χ1v) is 5.77. The summed E-state index contributed by atoms with van der Waals surface area (Å²) in [6, 6.07) is 1.95. The van der Waals surface area contributed by atoms with Gasteiger partial charge in [-0.3, -0.25) is 4.79 Å². The average molecular weight is 260 g/mol. The number of nitrogens with zero attached hydrogens (tertiary/aromatic N) is 1. The van der Waals surface area contributed by atoms with Crippen LogP contribution in [0.2, 0.25) is 0 Å². The van der Waals surface area contributed by atoms with Gasteiger partial charge in [0.05, 0.1) is 3.79 Å². The molecule has 0 radical (unpaired) electrons. The number of Topliss-reactive ketones (excluding diaryl/α,β-unsaturated/α-hetero) is 1. The molecule has 0 unspecified atom stereocenters. The molecule has 0 spiro atoms. The maximum Gasteiger partial charge on any atom is 0.165 e. The number of ketones is 1. The van der Waals surface area contributed by atoms with E-state index in [2.05, 4.69) is 27.9 Å². The molecule has 13 heavy (non-hydrogen) atoms. The zero-order chi connectivity index (χ0) is 9.42. The van der Waals surface area contributed by atoms with Crippen LogP contribution in [0.15, 0.2) is 9.85 Å². The molecular formula is C9H10BrNOS. The van der Waals surface area contributed by atoms with Crippen LogP contribution in [0.5, 0.6) is 0 Å². The fourth-order valence-corrected chi connectivity index (χ4v) is 3.30. The van der Waals surface area contributed by atoms with Gasteiger partial charge in [0, 0.05) is 30.0 Å². The highest BCUT2D eigenvalue weighted by Gasteiger charge is 2.20. The Balaban J connectivity index is 2.42. The Bertz CT molecular complexity index is 347. The molecule has 1 aromatic heterocycles. The van der Waals surface area contributed by atoms with Gasteiger partial charge in [-0.05, 0) is 29.0 Å². The minimum absolute atomic E-state index is 0.279. The SMILES string of the molecule is CN1CCC(=O)c2cc(Br)sc2C1. The highest BCUT2D eigenvalue weighted by Crippen LogP contribution is 2.30.